The van der Waals surface area contributed by atoms with Gasteiger partial charge in [-0.05, 0) is 76.7 Å². The van der Waals surface area contributed by atoms with Crippen molar-refractivity contribution in [3.05, 3.63) is 85.8 Å². The summed E-state index contributed by atoms with van der Waals surface area (Å²) in [7, 11) is 0. The molecule has 236 valence electrons. The summed E-state index contributed by atoms with van der Waals surface area (Å²) < 4.78 is 11.2. The minimum Gasteiger partial charge on any atom is -0.463 e. The first-order chi connectivity index (χ1) is 21.1. The minimum absolute atomic E-state index is 0.0622. The third kappa shape index (κ3) is 9.11. The molecule has 44 heavy (non-hydrogen) atoms. The van der Waals surface area contributed by atoms with Crippen LogP contribution in [0, 0.1) is 0 Å². The molecule has 0 aromatic heterocycles. The number of aliphatic hydroxyl groups is 1. The van der Waals surface area contributed by atoms with Crippen molar-refractivity contribution < 1.29 is 24.2 Å². The molecule has 1 unspecified atom stereocenters. The quantitative estimate of drug-likeness (QED) is 0.106. The number of aliphatic hydroxyl groups excluding tert-OH is 1. The van der Waals surface area contributed by atoms with Crippen LogP contribution in [0.4, 0.5) is 17.1 Å². The van der Waals surface area contributed by atoms with E-state index in [9.17, 15) is 14.7 Å². The average molecular weight is 707 g/mol. The average Bonchev–Trinajstić information content (AvgIpc) is 3.02. The third-order valence-corrected chi connectivity index (χ3v) is 9.30. The Balaban J connectivity index is 1.28. The molecular weight excluding hydrogens is 669 g/mol. The van der Waals surface area contributed by atoms with E-state index in [4.69, 9.17) is 38.4 Å². The molecule has 0 heterocycles. The fourth-order valence-electron chi connectivity index (χ4n) is 5.35. The summed E-state index contributed by atoms with van der Waals surface area (Å²) in [5.74, 6) is -1.17. The number of anilines is 3. The summed E-state index contributed by atoms with van der Waals surface area (Å²) in [6, 6.07) is 15.7. The van der Waals surface area contributed by atoms with Crippen molar-refractivity contribution in [2.45, 2.75) is 70.1 Å². The summed E-state index contributed by atoms with van der Waals surface area (Å²) in [5.41, 5.74) is 9.89. The van der Waals surface area contributed by atoms with Crippen LogP contribution < -0.4 is 16.4 Å². The van der Waals surface area contributed by atoms with Gasteiger partial charge in [-0.15, -0.1) is 0 Å². The number of carbonyl (C=O) groups is 2. The van der Waals surface area contributed by atoms with Crippen LogP contribution in [0.2, 0.25) is 10.0 Å². The molecule has 1 aliphatic carbocycles. The normalized spacial score (nSPS) is 14.9. The van der Waals surface area contributed by atoms with Crippen molar-refractivity contribution in [1.29, 1.82) is 0 Å². The Kier molecular flexibility index (Phi) is 12.3. The zero-order valence-electron chi connectivity index (χ0n) is 24.6. The highest BCUT2D eigenvalue weighted by atomic mass is 79.9. The maximum atomic E-state index is 12.9. The molecule has 0 bridgehead atoms. The van der Waals surface area contributed by atoms with Gasteiger partial charge in [-0.2, -0.15) is 0 Å². The first-order valence-electron chi connectivity index (χ1n) is 14.7. The Hall–Kier alpha value is -2.82. The van der Waals surface area contributed by atoms with Gasteiger partial charge in [0.05, 0.1) is 33.4 Å². The van der Waals surface area contributed by atoms with Crippen molar-refractivity contribution >= 4 is 68.1 Å². The molecule has 11 heteroatoms. The fraction of sp³-hybridized carbons (Fsp3) is 0.394. The van der Waals surface area contributed by atoms with Crippen LogP contribution in [0.5, 0.6) is 0 Å². The second kappa shape index (κ2) is 16.0. The predicted molar refractivity (Wildman–Crippen MR) is 179 cm³/mol. The lowest BCUT2D eigenvalue weighted by Gasteiger charge is -2.38. The molecular formula is C33H38BrCl2N3O5. The van der Waals surface area contributed by atoms with E-state index >= 15 is 0 Å². The first kappa shape index (κ1) is 34.1. The lowest BCUT2D eigenvalue weighted by molar-refractivity contribution is -0.146. The van der Waals surface area contributed by atoms with Gasteiger partial charge in [0.1, 0.15) is 19.3 Å². The monoisotopic (exact) mass is 705 g/mol. The molecule has 1 fully saturated rings. The number of hydrogen-bond donors (Lipinski definition) is 4. The van der Waals surface area contributed by atoms with Gasteiger partial charge in [0.2, 0.25) is 0 Å². The molecule has 3 aromatic rings. The van der Waals surface area contributed by atoms with Gasteiger partial charge >= 0.3 is 11.9 Å². The number of rotatable bonds is 13. The summed E-state index contributed by atoms with van der Waals surface area (Å²) in [6.45, 7) is 2.05. The van der Waals surface area contributed by atoms with Crippen molar-refractivity contribution in [3.8, 4) is 0 Å². The number of nitrogens with two attached hydrogens (primary N) is 1. The molecule has 0 saturated heterocycles. The number of nitrogen functional groups attached to an aromatic ring is 1. The molecule has 1 saturated carbocycles. The highest BCUT2D eigenvalue weighted by Gasteiger charge is 2.29. The van der Waals surface area contributed by atoms with E-state index in [2.05, 4.69) is 33.5 Å². The predicted octanol–water partition coefficient (Wildman–Crippen LogP) is 7.59. The van der Waals surface area contributed by atoms with E-state index in [0.717, 1.165) is 24.8 Å². The van der Waals surface area contributed by atoms with Crippen molar-refractivity contribution in [2.75, 3.05) is 24.3 Å². The first-order valence-corrected chi connectivity index (χ1v) is 16.3. The Morgan fingerprint density at radius 2 is 1.68 bits per heavy atom. The van der Waals surface area contributed by atoms with Gasteiger partial charge in [-0.3, -0.25) is 4.79 Å². The summed E-state index contributed by atoms with van der Waals surface area (Å²) >= 11 is 16.0. The van der Waals surface area contributed by atoms with E-state index in [0.29, 0.717) is 49.3 Å². The van der Waals surface area contributed by atoms with Crippen molar-refractivity contribution in [2.24, 2.45) is 0 Å². The Labute approximate surface area is 276 Å². The zero-order valence-corrected chi connectivity index (χ0v) is 27.7. The lowest BCUT2D eigenvalue weighted by Crippen LogP contribution is -2.45. The summed E-state index contributed by atoms with van der Waals surface area (Å²) in [5, 5.41) is 18.1. The highest BCUT2D eigenvalue weighted by Crippen LogP contribution is 2.34. The van der Waals surface area contributed by atoms with Crippen molar-refractivity contribution in [3.63, 3.8) is 0 Å². The molecule has 5 N–H and O–H groups in total. The number of halogens is 3. The van der Waals surface area contributed by atoms with E-state index in [1.165, 1.54) is 19.3 Å². The highest BCUT2D eigenvalue weighted by molar-refractivity contribution is 9.10. The van der Waals surface area contributed by atoms with Gasteiger partial charge in [0.25, 0.3) is 0 Å². The summed E-state index contributed by atoms with van der Waals surface area (Å²) in [4.78, 5) is 25.5. The second-order valence-corrected chi connectivity index (χ2v) is 12.7. The molecule has 0 spiro atoms. The van der Waals surface area contributed by atoms with Crippen LogP contribution in [0.25, 0.3) is 0 Å². The Morgan fingerprint density at radius 1 is 1.00 bits per heavy atom. The Bertz CT molecular complexity index is 1450. The fourth-order valence-corrected chi connectivity index (χ4v) is 6.35. The molecule has 3 aromatic carbocycles. The molecule has 8 nitrogen and oxygen atoms in total. The van der Waals surface area contributed by atoms with Crippen LogP contribution in [0.1, 0.15) is 66.9 Å². The maximum Gasteiger partial charge on any atom is 0.338 e. The van der Waals surface area contributed by atoms with E-state index in [-0.39, 0.29) is 25.2 Å². The van der Waals surface area contributed by atoms with E-state index in [1.807, 2.05) is 6.07 Å². The van der Waals surface area contributed by atoms with Gasteiger partial charge in [-0.25, -0.2) is 4.79 Å². The molecule has 4 rings (SSSR count). The van der Waals surface area contributed by atoms with Crippen LogP contribution >= 0.6 is 39.1 Å². The smallest absolute Gasteiger partial charge is 0.338 e. The SMILES string of the molecule is CCC1(NCc2cc(C(=O)OCC(O)COC(=O)Cc3ccccc3Nc3c(Cl)cccc3Cl)cc(Br)c2N)CCCCC1. The molecule has 0 radical (unpaired) electrons. The number of hydrogen-bond acceptors (Lipinski definition) is 8. The maximum absolute atomic E-state index is 12.9. The molecule has 1 aliphatic rings. The van der Waals surface area contributed by atoms with Crippen LogP contribution in [0.15, 0.2) is 59.1 Å². The number of ether oxygens (including phenoxy) is 2. The van der Waals surface area contributed by atoms with Crippen molar-refractivity contribution in [1.82, 2.24) is 5.32 Å². The number of nitrogens with one attached hydrogen (secondary N) is 2. The van der Waals surface area contributed by atoms with Crippen LogP contribution in [0.3, 0.4) is 0 Å². The number of para-hydroxylation sites is 2. The topological polar surface area (TPSA) is 123 Å². The van der Waals surface area contributed by atoms with Gasteiger partial charge in [0.15, 0.2) is 0 Å². The minimum atomic E-state index is -1.20. The molecule has 1 atom stereocenters. The van der Waals surface area contributed by atoms with Crippen LogP contribution in [-0.4, -0.2) is 41.9 Å². The summed E-state index contributed by atoms with van der Waals surface area (Å²) in [6.07, 6.45) is 5.67. The zero-order chi connectivity index (χ0) is 31.7. The number of carbonyl (C=O) groups excluding carboxylic acids is 2. The molecule has 0 aliphatic heterocycles. The number of esters is 2. The number of benzene rings is 3. The van der Waals surface area contributed by atoms with Gasteiger partial charge in [-0.1, -0.05) is 73.7 Å². The van der Waals surface area contributed by atoms with Gasteiger partial charge < -0.3 is 30.9 Å². The van der Waals surface area contributed by atoms with Gasteiger partial charge in [0, 0.05) is 22.2 Å². The third-order valence-electron chi connectivity index (χ3n) is 8.01. The lowest BCUT2D eigenvalue weighted by atomic mass is 9.79. The Morgan fingerprint density at radius 3 is 2.39 bits per heavy atom. The molecule has 0 amide bonds. The largest absolute Gasteiger partial charge is 0.463 e. The van der Waals surface area contributed by atoms with Crippen LogP contribution in [-0.2, 0) is 27.2 Å². The second-order valence-electron chi connectivity index (χ2n) is 11.1. The standard InChI is InChI=1S/C33H38BrCl2N3O5/c1-2-33(13-6-3-7-14-33)38-18-23-15-22(16-25(34)30(23)37)32(42)44-20-24(40)19-43-29(41)17-21-9-4-5-12-28(21)39-31-26(35)10-8-11-27(31)36/h4-5,8-12,15-16,24,38-40H,2-3,6-7,13-14,17-20,37H2,1H3. The van der Waals surface area contributed by atoms with E-state index < -0.39 is 18.0 Å². The van der Waals surface area contributed by atoms with E-state index in [1.54, 1.807) is 48.5 Å².